The van der Waals surface area contributed by atoms with Crippen LogP contribution in [0.5, 0.6) is 5.75 Å². The first-order valence-electron chi connectivity index (χ1n) is 7.93. The number of ether oxygens (including phenoxy) is 1. The molecule has 1 amide bonds. The molecule has 25 heavy (non-hydrogen) atoms. The lowest BCUT2D eigenvalue weighted by Crippen LogP contribution is -2.28. The van der Waals surface area contributed by atoms with Gasteiger partial charge in [-0.1, -0.05) is 6.07 Å². The van der Waals surface area contributed by atoms with Crippen molar-refractivity contribution in [2.24, 2.45) is 0 Å². The van der Waals surface area contributed by atoms with Gasteiger partial charge in [0.05, 0.1) is 12.2 Å². The van der Waals surface area contributed by atoms with Gasteiger partial charge in [0, 0.05) is 23.3 Å². The number of nitrogens with one attached hydrogen (secondary N) is 1. The molecule has 1 N–H and O–H groups in total. The summed E-state index contributed by atoms with van der Waals surface area (Å²) in [5.41, 5.74) is 4.02. The molecule has 2 heterocycles. The van der Waals surface area contributed by atoms with Crippen LogP contribution in [0.2, 0.25) is 0 Å². The molecule has 3 rings (SSSR count). The third-order valence-corrected chi connectivity index (χ3v) is 4.43. The molecule has 0 unspecified atom stereocenters. The summed E-state index contributed by atoms with van der Waals surface area (Å²) < 4.78 is 5.55. The van der Waals surface area contributed by atoms with E-state index >= 15 is 0 Å². The van der Waals surface area contributed by atoms with Crippen molar-refractivity contribution < 1.29 is 9.53 Å². The normalized spacial score (nSPS) is 10.5. The number of hydrogen-bond acceptors (Lipinski definition) is 5. The predicted molar refractivity (Wildman–Crippen MR) is 98.6 cm³/mol. The van der Waals surface area contributed by atoms with Crippen LogP contribution in [-0.2, 0) is 11.3 Å². The van der Waals surface area contributed by atoms with E-state index in [0.29, 0.717) is 12.3 Å². The Bertz CT molecular complexity index is 842. The van der Waals surface area contributed by atoms with E-state index in [9.17, 15) is 4.79 Å². The molecule has 0 radical (unpaired) electrons. The smallest absolute Gasteiger partial charge is 0.258 e. The quantitative estimate of drug-likeness (QED) is 0.736. The number of benzene rings is 1. The Labute approximate surface area is 150 Å². The fourth-order valence-electron chi connectivity index (χ4n) is 2.42. The Morgan fingerprint density at radius 1 is 1.24 bits per heavy atom. The van der Waals surface area contributed by atoms with E-state index in [0.717, 1.165) is 27.4 Å². The fourth-order valence-corrected chi connectivity index (χ4v) is 3.23. The van der Waals surface area contributed by atoms with Crippen molar-refractivity contribution in [1.82, 2.24) is 15.3 Å². The van der Waals surface area contributed by atoms with Crippen molar-refractivity contribution in [2.45, 2.75) is 20.4 Å². The fraction of sp³-hybridized carbons (Fsp3) is 0.211. The molecule has 6 heteroatoms. The zero-order chi connectivity index (χ0) is 17.6. The number of pyridine rings is 1. The molecule has 2 aromatic heterocycles. The van der Waals surface area contributed by atoms with E-state index in [2.05, 4.69) is 21.4 Å². The summed E-state index contributed by atoms with van der Waals surface area (Å²) in [6.07, 6.45) is 3.51. The molecule has 0 fully saturated rings. The summed E-state index contributed by atoms with van der Waals surface area (Å²) >= 11 is 1.53. The summed E-state index contributed by atoms with van der Waals surface area (Å²) in [7, 11) is 0. The molecule has 0 aliphatic rings. The first kappa shape index (κ1) is 17.1. The monoisotopic (exact) mass is 353 g/mol. The first-order chi connectivity index (χ1) is 12.1. The maximum absolute atomic E-state index is 12.0. The van der Waals surface area contributed by atoms with Gasteiger partial charge < -0.3 is 10.1 Å². The molecular formula is C19H19N3O2S. The van der Waals surface area contributed by atoms with E-state index in [4.69, 9.17) is 4.74 Å². The average molecular weight is 353 g/mol. The minimum atomic E-state index is -0.171. The second-order valence-corrected chi connectivity index (χ2v) is 6.63. The van der Waals surface area contributed by atoms with Crippen LogP contribution in [0.15, 0.2) is 48.1 Å². The van der Waals surface area contributed by atoms with Gasteiger partial charge in [-0.3, -0.25) is 9.78 Å². The number of aryl methyl sites for hydroxylation is 2. The lowest BCUT2D eigenvalue weighted by Gasteiger charge is -2.08. The Hall–Kier alpha value is -2.73. The highest BCUT2D eigenvalue weighted by molar-refractivity contribution is 7.13. The standard InChI is InChI=1S/C19H19N3O2S/c1-13-6-14(2)8-17(7-13)24-11-18(23)21-10-16-12-25-19(22-16)15-4-3-5-20-9-15/h3-9,12H,10-11H2,1-2H3,(H,21,23). The van der Waals surface area contributed by atoms with Crippen LogP contribution in [0.4, 0.5) is 0 Å². The third-order valence-electron chi connectivity index (χ3n) is 3.49. The zero-order valence-electron chi connectivity index (χ0n) is 14.2. The number of rotatable bonds is 6. The Morgan fingerprint density at radius 3 is 2.76 bits per heavy atom. The molecule has 5 nitrogen and oxygen atoms in total. The summed E-state index contributed by atoms with van der Waals surface area (Å²) in [6, 6.07) is 9.74. The van der Waals surface area contributed by atoms with Gasteiger partial charge in [0.2, 0.25) is 0 Å². The molecular weight excluding hydrogens is 334 g/mol. The van der Waals surface area contributed by atoms with Crippen molar-refractivity contribution in [3.63, 3.8) is 0 Å². The lowest BCUT2D eigenvalue weighted by atomic mass is 10.1. The molecule has 0 aliphatic heterocycles. The predicted octanol–water partition coefficient (Wildman–Crippen LogP) is 3.52. The summed E-state index contributed by atoms with van der Waals surface area (Å²) in [5, 5.41) is 5.66. The molecule has 0 saturated carbocycles. The van der Waals surface area contributed by atoms with Crippen molar-refractivity contribution >= 4 is 17.2 Å². The van der Waals surface area contributed by atoms with E-state index in [-0.39, 0.29) is 12.5 Å². The third kappa shape index (κ3) is 4.87. The van der Waals surface area contributed by atoms with Crippen LogP contribution >= 0.6 is 11.3 Å². The highest BCUT2D eigenvalue weighted by Crippen LogP contribution is 2.22. The van der Waals surface area contributed by atoms with Gasteiger partial charge in [-0.05, 0) is 49.2 Å². The maximum atomic E-state index is 12.0. The number of amides is 1. The minimum absolute atomic E-state index is 0.0114. The van der Waals surface area contributed by atoms with Crippen LogP contribution in [0.25, 0.3) is 10.6 Å². The van der Waals surface area contributed by atoms with E-state index < -0.39 is 0 Å². The molecule has 0 atom stereocenters. The SMILES string of the molecule is Cc1cc(C)cc(OCC(=O)NCc2csc(-c3cccnc3)n2)c1. The van der Waals surface area contributed by atoms with Crippen molar-refractivity contribution in [2.75, 3.05) is 6.61 Å². The molecule has 0 saturated heterocycles. The Kier molecular flexibility index (Phi) is 5.40. The van der Waals surface area contributed by atoms with Gasteiger partial charge in [0.25, 0.3) is 5.91 Å². The van der Waals surface area contributed by atoms with Crippen LogP contribution in [0.3, 0.4) is 0 Å². The van der Waals surface area contributed by atoms with E-state index in [1.54, 1.807) is 12.4 Å². The van der Waals surface area contributed by atoms with Gasteiger partial charge in [-0.15, -0.1) is 11.3 Å². The van der Waals surface area contributed by atoms with E-state index in [1.165, 1.54) is 11.3 Å². The highest BCUT2D eigenvalue weighted by atomic mass is 32.1. The maximum Gasteiger partial charge on any atom is 0.258 e. The summed E-state index contributed by atoms with van der Waals surface area (Å²) in [5.74, 6) is 0.537. The summed E-state index contributed by atoms with van der Waals surface area (Å²) in [6.45, 7) is 4.37. The second-order valence-electron chi connectivity index (χ2n) is 5.77. The minimum Gasteiger partial charge on any atom is -0.484 e. The molecule has 0 aliphatic carbocycles. The van der Waals surface area contributed by atoms with Crippen LogP contribution in [0.1, 0.15) is 16.8 Å². The lowest BCUT2D eigenvalue weighted by molar-refractivity contribution is -0.123. The molecule has 1 aromatic carbocycles. The average Bonchev–Trinajstić information content (AvgIpc) is 3.07. The van der Waals surface area contributed by atoms with Crippen LogP contribution < -0.4 is 10.1 Å². The van der Waals surface area contributed by atoms with Crippen molar-refractivity contribution in [3.05, 3.63) is 64.9 Å². The van der Waals surface area contributed by atoms with Gasteiger partial charge in [-0.25, -0.2) is 4.98 Å². The number of nitrogens with zero attached hydrogens (tertiary/aromatic N) is 2. The Morgan fingerprint density at radius 2 is 2.04 bits per heavy atom. The largest absolute Gasteiger partial charge is 0.484 e. The topological polar surface area (TPSA) is 64.1 Å². The number of aromatic nitrogens is 2. The van der Waals surface area contributed by atoms with Gasteiger partial charge in [-0.2, -0.15) is 0 Å². The van der Waals surface area contributed by atoms with Gasteiger partial charge >= 0.3 is 0 Å². The van der Waals surface area contributed by atoms with Crippen LogP contribution in [0, 0.1) is 13.8 Å². The van der Waals surface area contributed by atoms with Gasteiger partial charge in [0.1, 0.15) is 10.8 Å². The first-order valence-corrected chi connectivity index (χ1v) is 8.81. The molecule has 0 bridgehead atoms. The van der Waals surface area contributed by atoms with Crippen molar-refractivity contribution in [1.29, 1.82) is 0 Å². The van der Waals surface area contributed by atoms with Crippen molar-refractivity contribution in [3.8, 4) is 16.3 Å². The van der Waals surface area contributed by atoms with Gasteiger partial charge in [0.15, 0.2) is 6.61 Å². The second kappa shape index (κ2) is 7.90. The zero-order valence-corrected chi connectivity index (χ0v) is 15.0. The van der Waals surface area contributed by atoms with Crippen LogP contribution in [-0.4, -0.2) is 22.5 Å². The molecule has 128 valence electrons. The number of carbonyl (C=O) groups is 1. The number of hydrogen-bond donors (Lipinski definition) is 1. The highest BCUT2D eigenvalue weighted by Gasteiger charge is 2.07. The number of thiazole rings is 1. The summed E-state index contributed by atoms with van der Waals surface area (Å²) in [4.78, 5) is 20.6. The molecule has 0 spiro atoms. The Balaban J connectivity index is 1.50. The molecule has 3 aromatic rings. The number of carbonyl (C=O) groups excluding carboxylic acids is 1. The van der Waals surface area contributed by atoms with E-state index in [1.807, 2.05) is 43.5 Å².